The van der Waals surface area contributed by atoms with Gasteiger partial charge >= 0.3 is 5.00 Å². The van der Waals surface area contributed by atoms with Gasteiger partial charge in [-0.2, -0.15) is 0 Å². The van der Waals surface area contributed by atoms with Gasteiger partial charge in [-0.05, 0) is 17.4 Å². The molecule has 0 radical (unpaired) electrons. The fourth-order valence-electron chi connectivity index (χ4n) is 1.22. The van der Waals surface area contributed by atoms with E-state index in [0.29, 0.717) is 13.1 Å². The van der Waals surface area contributed by atoms with E-state index in [-0.39, 0.29) is 11.1 Å². The van der Waals surface area contributed by atoms with Crippen molar-refractivity contribution in [3.05, 3.63) is 22.2 Å². The topological polar surface area (TPSA) is 66.6 Å². The number of hydrogen-bond acceptors (Lipinski definition) is 5. The second kappa shape index (κ2) is 2.97. The average molecular weight is 200 g/mol. The molecule has 1 N–H and O–H groups in total. The Morgan fingerprint density at radius 1 is 1.62 bits per heavy atom. The highest BCUT2D eigenvalue weighted by atomic mass is 32.1. The summed E-state index contributed by atoms with van der Waals surface area (Å²) in [5.41, 5.74) is 0. The minimum absolute atomic E-state index is 0.149. The molecule has 13 heavy (non-hydrogen) atoms. The minimum Gasteiger partial charge on any atom is -0.389 e. The summed E-state index contributed by atoms with van der Waals surface area (Å²) in [6, 6.07) is 3.21. The van der Waals surface area contributed by atoms with E-state index in [2.05, 4.69) is 0 Å². The number of anilines is 1. The van der Waals surface area contributed by atoms with Gasteiger partial charge in [-0.3, -0.25) is 10.1 Å². The molecule has 1 aromatic heterocycles. The smallest absolute Gasteiger partial charge is 0.326 e. The zero-order valence-electron chi connectivity index (χ0n) is 6.71. The van der Waals surface area contributed by atoms with Crippen molar-refractivity contribution < 1.29 is 10.0 Å². The monoisotopic (exact) mass is 200 g/mol. The lowest BCUT2D eigenvalue weighted by Crippen LogP contribution is -2.50. The van der Waals surface area contributed by atoms with Crippen LogP contribution in [0.2, 0.25) is 0 Å². The second-order valence-electron chi connectivity index (χ2n) is 2.93. The summed E-state index contributed by atoms with van der Waals surface area (Å²) >= 11 is 1.14. The molecule has 0 aliphatic carbocycles. The Balaban J connectivity index is 2.10. The Morgan fingerprint density at radius 2 is 2.31 bits per heavy atom. The standard InChI is InChI=1S/C7H8N2O3S/c10-5-3-8(4-5)6-1-2-7(13-6)9(11)12/h1-2,5,10H,3-4H2. The maximum Gasteiger partial charge on any atom is 0.326 e. The van der Waals surface area contributed by atoms with Crippen LogP contribution in [-0.4, -0.2) is 29.2 Å². The van der Waals surface area contributed by atoms with Crippen molar-refractivity contribution in [3.63, 3.8) is 0 Å². The van der Waals surface area contributed by atoms with Crippen molar-refractivity contribution in [2.75, 3.05) is 18.0 Å². The van der Waals surface area contributed by atoms with Crippen molar-refractivity contribution in [3.8, 4) is 0 Å². The van der Waals surface area contributed by atoms with Crippen molar-refractivity contribution in [2.24, 2.45) is 0 Å². The normalized spacial score (nSPS) is 17.2. The first-order chi connectivity index (χ1) is 6.16. The van der Waals surface area contributed by atoms with Gasteiger partial charge in [0.1, 0.15) is 0 Å². The SMILES string of the molecule is O=[N+]([O-])c1ccc(N2CC(O)C2)s1. The van der Waals surface area contributed by atoms with Crippen LogP contribution in [0, 0.1) is 10.1 Å². The molecule has 1 aromatic rings. The van der Waals surface area contributed by atoms with Crippen LogP contribution in [-0.2, 0) is 0 Å². The highest BCUT2D eigenvalue weighted by Gasteiger charge is 2.26. The molecule has 1 aliphatic heterocycles. The number of nitro groups is 1. The number of nitrogens with zero attached hydrogens (tertiary/aromatic N) is 2. The Kier molecular flexibility index (Phi) is 1.93. The molecule has 70 valence electrons. The number of thiophene rings is 1. The molecule has 0 atom stereocenters. The summed E-state index contributed by atoms with van der Waals surface area (Å²) in [5.74, 6) is 0. The van der Waals surface area contributed by atoms with Crippen LogP contribution in [0.1, 0.15) is 0 Å². The summed E-state index contributed by atoms with van der Waals surface area (Å²) in [6.45, 7) is 1.16. The van der Waals surface area contributed by atoms with Gasteiger partial charge in [0.25, 0.3) is 0 Å². The summed E-state index contributed by atoms with van der Waals surface area (Å²) in [5, 5.41) is 20.4. The molecular weight excluding hydrogens is 192 g/mol. The molecule has 1 fully saturated rings. The largest absolute Gasteiger partial charge is 0.389 e. The Labute approximate surface area is 78.4 Å². The first kappa shape index (κ1) is 8.46. The van der Waals surface area contributed by atoms with Crippen molar-refractivity contribution in [1.82, 2.24) is 0 Å². The zero-order chi connectivity index (χ0) is 9.42. The van der Waals surface area contributed by atoms with Crippen molar-refractivity contribution in [1.29, 1.82) is 0 Å². The molecule has 2 heterocycles. The highest BCUT2D eigenvalue weighted by molar-refractivity contribution is 7.19. The fourth-order valence-corrected chi connectivity index (χ4v) is 2.06. The zero-order valence-corrected chi connectivity index (χ0v) is 7.53. The molecule has 0 aromatic carbocycles. The van der Waals surface area contributed by atoms with Gasteiger partial charge in [0, 0.05) is 19.2 Å². The van der Waals surface area contributed by atoms with E-state index in [0.717, 1.165) is 16.3 Å². The highest BCUT2D eigenvalue weighted by Crippen LogP contribution is 2.33. The third-order valence-electron chi connectivity index (χ3n) is 1.93. The molecule has 2 rings (SSSR count). The van der Waals surface area contributed by atoms with E-state index in [1.807, 2.05) is 4.90 Å². The quantitative estimate of drug-likeness (QED) is 0.567. The minimum atomic E-state index is -0.398. The predicted octanol–water partition coefficient (Wildman–Crippen LogP) is 0.837. The van der Waals surface area contributed by atoms with Crippen LogP contribution >= 0.6 is 11.3 Å². The van der Waals surface area contributed by atoms with Gasteiger partial charge in [0.05, 0.1) is 16.0 Å². The number of aliphatic hydroxyl groups excluding tert-OH is 1. The Bertz CT molecular complexity index is 332. The molecule has 1 saturated heterocycles. The van der Waals surface area contributed by atoms with Crippen LogP contribution in [0.15, 0.2) is 12.1 Å². The van der Waals surface area contributed by atoms with E-state index in [9.17, 15) is 10.1 Å². The van der Waals surface area contributed by atoms with Gasteiger partial charge in [0.15, 0.2) is 0 Å². The number of rotatable bonds is 2. The number of β-amino-alcohol motifs (C(OH)–C–C–N with tert-alkyl or cyclic N) is 1. The lowest BCUT2D eigenvalue weighted by atomic mass is 10.2. The second-order valence-corrected chi connectivity index (χ2v) is 3.97. The third-order valence-corrected chi connectivity index (χ3v) is 3.03. The molecule has 0 spiro atoms. The Morgan fingerprint density at radius 3 is 2.77 bits per heavy atom. The summed E-state index contributed by atoms with van der Waals surface area (Å²) in [7, 11) is 0. The molecule has 0 amide bonds. The lowest BCUT2D eigenvalue weighted by Gasteiger charge is -2.36. The van der Waals surface area contributed by atoms with E-state index in [1.165, 1.54) is 6.07 Å². The van der Waals surface area contributed by atoms with Crippen LogP contribution < -0.4 is 4.90 Å². The maximum absolute atomic E-state index is 10.4. The summed E-state index contributed by atoms with van der Waals surface area (Å²) in [4.78, 5) is 11.9. The van der Waals surface area contributed by atoms with Crippen LogP contribution in [0.5, 0.6) is 0 Å². The molecule has 0 unspecified atom stereocenters. The predicted molar refractivity (Wildman–Crippen MR) is 49.2 cm³/mol. The molecule has 0 saturated carbocycles. The molecule has 1 aliphatic rings. The van der Waals surface area contributed by atoms with Crippen LogP contribution in [0.3, 0.4) is 0 Å². The summed E-state index contributed by atoms with van der Waals surface area (Å²) in [6.07, 6.45) is -0.277. The van der Waals surface area contributed by atoms with Gasteiger partial charge in [0.2, 0.25) is 0 Å². The van der Waals surface area contributed by atoms with Crippen molar-refractivity contribution in [2.45, 2.75) is 6.10 Å². The van der Waals surface area contributed by atoms with E-state index in [1.54, 1.807) is 6.07 Å². The third kappa shape index (κ3) is 1.50. The average Bonchev–Trinajstić information content (AvgIpc) is 2.46. The van der Waals surface area contributed by atoms with Crippen LogP contribution in [0.4, 0.5) is 10.0 Å². The molecule has 6 heteroatoms. The first-order valence-electron chi connectivity index (χ1n) is 3.84. The summed E-state index contributed by atoms with van der Waals surface area (Å²) < 4.78 is 0. The first-order valence-corrected chi connectivity index (χ1v) is 4.65. The van der Waals surface area contributed by atoms with E-state index >= 15 is 0 Å². The van der Waals surface area contributed by atoms with Gasteiger partial charge < -0.3 is 10.0 Å². The van der Waals surface area contributed by atoms with E-state index < -0.39 is 4.92 Å². The number of aliphatic hydroxyl groups is 1. The maximum atomic E-state index is 10.4. The fraction of sp³-hybridized carbons (Fsp3) is 0.429. The van der Waals surface area contributed by atoms with E-state index in [4.69, 9.17) is 5.11 Å². The van der Waals surface area contributed by atoms with Gasteiger partial charge in [-0.25, -0.2) is 0 Å². The number of hydrogen-bond donors (Lipinski definition) is 1. The molecule has 0 bridgehead atoms. The molecule has 5 nitrogen and oxygen atoms in total. The van der Waals surface area contributed by atoms with Crippen LogP contribution in [0.25, 0.3) is 0 Å². The van der Waals surface area contributed by atoms with Crippen molar-refractivity contribution >= 4 is 21.3 Å². The van der Waals surface area contributed by atoms with Gasteiger partial charge in [-0.15, -0.1) is 0 Å². The lowest BCUT2D eigenvalue weighted by molar-refractivity contribution is -0.380. The molecular formula is C7H8N2O3S. The van der Waals surface area contributed by atoms with Gasteiger partial charge in [-0.1, -0.05) is 0 Å². The Hall–Kier alpha value is -1.14.